The van der Waals surface area contributed by atoms with E-state index >= 15 is 0 Å². The van der Waals surface area contributed by atoms with E-state index in [1.165, 1.54) is 0 Å². The quantitative estimate of drug-likeness (QED) is 0.635. The minimum absolute atomic E-state index is 0.283. The molecule has 0 N–H and O–H groups in total. The summed E-state index contributed by atoms with van der Waals surface area (Å²) in [4.78, 5) is 11.7. The summed E-state index contributed by atoms with van der Waals surface area (Å²) in [5.74, 6) is 0.951. The smallest absolute Gasteiger partial charge is 0.311 e. The molecule has 0 atom stereocenters. The third-order valence-corrected chi connectivity index (χ3v) is 3.06. The summed E-state index contributed by atoms with van der Waals surface area (Å²) in [6.45, 7) is 3.69. The summed E-state index contributed by atoms with van der Waals surface area (Å²) in [6.07, 6.45) is 0.846. The standard InChI is InChI=1S/C14H14ClNO3/c1-9-13(10(2)19-16-9)7-8-14(17)18-12-5-3-11(15)4-6-12/h3-6H,7-8H2,1-2H3. The van der Waals surface area contributed by atoms with E-state index in [9.17, 15) is 4.79 Å². The van der Waals surface area contributed by atoms with Crippen LogP contribution in [0.25, 0.3) is 0 Å². The molecule has 0 unspecified atom stereocenters. The van der Waals surface area contributed by atoms with Crippen LogP contribution in [0.1, 0.15) is 23.4 Å². The molecule has 0 aliphatic rings. The van der Waals surface area contributed by atoms with E-state index < -0.39 is 0 Å². The van der Waals surface area contributed by atoms with Gasteiger partial charge in [-0.3, -0.25) is 4.79 Å². The normalized spacial score (nSPS) is 10.5. The lowest BCUT2D eigenvalue weighted by Crippen LogP contribution is -2.09. The van der Waals surface area contributed by atoms with Crippen LogP contribution in [0.5, 0.6) is 5.75 Å². The third-order valence-electron chi connectivity index (χ3n) is 2.81. The molecule has 100 valence electrons. The van der Waals surface area contributed by atoms with E-state index in [-0.39, 0.29) is 12.4 Å². The summed E-state index contributed by atoms with van der Waals surface area (Å²) in [6, 6.07) is 6.68. The molecule has 1 aromatic heterocycles. The fraction of sp³-hybridized carbons (Fsp3) is 0.286. The van der Waals surface area contributed by atoms with E-state index in [2.05, 4.69) is 5.16 Å². The molecule has 1 aromatic carbocycles. The van der Waals surface area contributed by atoms with Crippen LogP contribution < -0.4 is 4.74 Å². The van der Waals surface area contributed by atoms with E-state index in [0.29, 0.717) is 17.2 Å². The average Bonchev–Trinajstić information content (AvgIpc) is 2.70. The number of nitrogens with zero attached hydrogens (tertiary/aromatic N) is 1. The number of hydrogen-bond acceptors (Lipinski definition) is 4. The topological polar surface area (TPSA) is 52.3 Å². The third kappa shape index (κ3) is 3.58. The molecule has 0 saturated carbocycles. The number of hydrogen-bond donors (Lipinski definition) is 0. The van der Waals surface area contributed by atoms with E-state index in [4.69, 9.17) is 20.9 Å². The van der Waals surface area contributed by atoms with Crippen molar-refractivity contribution in [3.63, 3.8) is 0 Å². The fourth-order valence-electron chi connectivity index (χ4n) is 1.77. The van der Waals surface area contributed by atoms with Gasteiger partial charge in [0, 0.05) is 10.6 Å². The number of ether oxygens (including phenoxy) is 1. The first-order valence-corrected chi connectivity index (χ1v) is 6.32. The first-order chi connectivity index (χ1) is 9.06. The fourth-order valence-corrected chi connectivity index (χ4v) is 1.90. The monoisotopic (exact) mass is 279 g/mol. The Morgan fingerprint density at radius 2 is 2.00 bits per heavy atom. The molecule has 4 nitrogen and oxygen atoms in total. The Labute approximate surface area is 116 Å². The lowest BCUT2D eigenvalue weighted by molar-refractivity contribution is -0.134. The van der Waals surface area contributed by atoms with Gasteiger partial charge in [-0.2, -0.15) is 0 Å². The number of esters is 1. The largest absolute Gasteiger partial charge is 0.427 e. The van der Waals surface area contributed by atoms with E-state index in [1.54, 1.807) is 24.3 Å². The van der Waals surface area contributed by atoms with Gasteiger partial charge in [0.15, 0.2) is 0 Å². The highest BCUT2D eigenvalue weighted by atomic mass is 35.5. The van der Waals surface area contributed by atoms with Gasteiger partial charge in [0.05, 0.1) is 12.1 Å². The molecule has 0 aliphatic carbocycles. The van der Waals surface area contributed by atoms with Gasteiger partial charge in [0.25, 0.3) is 0 Å². The van der Waals surface area contributed by atoms with Crippen molar-refractivity contribution in [2.45, 2.75) is 26.7 Å². The van der Waals surface area contributed by atoms with Crippen LogP contribution in [-0.4, -0.2) is 11.1 Å². The highest BCUT2D eigenvalue weighted by Gasteiger charge is 2.12. The number of carbonyl (C=O) groups excluding carboxylic acids is 1. The molecule has 5 heteroatoms. The van der Waals surface area contributed by atoms with Crippen LogP contribution in [0.3, 0.4) is 0 Å². The molecule has 19 heavy (non-hydrogen) atoms. The first-order valence-electron chi connectivity index (χ1n) is 5.94. The highest BCUT2D eigenvalue weighted by molar-refractivity contribution is 6.30. The first kappa shape index (κ1) is 13.6. The zero-order chi connectivity index (χ0) is 13.8. The molecule has 2 rings (SSSR count). The maximum Gasteiger partial charge on any atom is 0.311 e. The van der Waals surface area contributed by atoms with Crippen molar-refractivity contribution in [2.75, 3.05) is 0 Å². The van der Waals surface area contributed by atoms with Crippen molar-refractivity contribution >= 4 is 17.6 Å². The van der Waals surface area contributed by atoms with Crippen LogP contribution in [-0.2, 0) is 11.2 Å². The summed E-state index contributed by atoms with van der Waals surface area (Å²) in [5.41, 5.74) is 1.78. The zero-order valence-corrected chi connectivity index (χ0v) is 11.5. The predicted molar refractivity (Wildman–Crippen MR) is 71.4 cm³/mol. The molecule has 0 amide bonds. The number of aryl methyl sites for hydroxylation is 2. The van der Waals surface area contributed by atoms with Gasteiger partial charge in [0.2, 0.25) is 0 Å². The molecule has 1 heterocycles. The summed E-state index contributed by atoms with van der Waals surface area (Å²) < 4.78 is 10.2. The minimum Gasteiger partial charge on any atom is -0.427 e. The summed E-state index contributed by atoms with van der Waals surface area (Å²) >= 11 is 5.75. The summed E-state index contributed by atoms with van der Waals surface area (Å²) in [7, 11) is 0. The maximum absolute atomic E-state index is 11.7. The Hall–Kier alpha value is -1.81. The number of benzene rings is 1. The minimum atomic E-state index is -0.290. The Morgan fingerprint density at radius 3 is 2.58 bits per heavy atom. The van der Waals surface area contributed by atoms with Gasteiger partial charge in [-0.1, -0.05) is 16.8 Å². The predicted octanol–water partition coefficient (Wildman–Crippen LogP) is 3.48. The molecular weight excluding hydrogens is 266 g/mol. The van der Waals surface area contributed by atoms with Crippen molar-refractivity contribution < 1.29 is 14.1 Å². The van der Waals surface area contributed by atoms with Gasteiger partial charge >= 0.3 is 5.97 Å². The second kappa shape index (κ2) is 5.89. The van der Waals surface area contributed by atoms with Crippen molar-refractivity contribution in [3.8, 4) is 5.75 Å². The number of rotatable bonds is 4. The van der Waals surface area contributed by atoms with Crippen LogP contribution >= 0.6 is 11.6 Å². The zero-order valence-electron chi connectivity index (χ0n) is 10.8. The van der Waals surface area contributed by atoms with Crippen molar-refractivity contribution in [3.05, 3.63) is 46.3 Å². The number of carbonyl (C=O) groups is 1. The van der Waals surface area contributed by atoms with Gasteiger partial charge in [-0.25, -0.2) is 0 Å². The molecule has 0 spiro atoms. The molecule has 0 aliphatic heterocycles. The van der Waals surface area contributed by atoms with Crippen molar-refractivity contribution in [1.29, 1.82) is 0 Å². The second-order valence-corrected chi connectivity index (χ2v) is 4.67. The number of aromatic nitrogens is 1. The molecule has 0 saturated heterocycles. The molecule has 0 bridgehead atoms. The van der Waals surface area contributed by atoms with Gasteiger partial charge in [0.1, 0.15) is 11.5 Å². The lowest BCUT2D eigenvalue weighted by Gasteiger charge is -2.04. The van der Waals surface area contributed by atoms with Crippen LogP contribution in [0.15, 0.2) is 28.8 Å². The van der Waals surface area contributed by atoms with Crippen molar-refractivity contribution in [1.82, 2.24) is 5.16 Å². The highest BCUT2D eigenvalue weighted by Crippen LogP contribution is 2.18. The summed E-state index contributed by atoms with van der Waals surface area (Å²) in [5, 5.41) is 4.45. The number of halogens is 1. The molecule has 0 radical (unpaired) electrons. The molecule has 2 aromatic rings. The van der Waals surface area contributed by atoms with E-state index in [0.717, 1.165) is 17.0 Å². The molecule has 0 fully saturated rings. The Kier molecular flexibility index (Phi) is 4.22. The van der Waals surface area contributed by atoms with E-state index in [1.807, 2.05) is 13.8 Å². The SMILES string of the molecule is Cc1noc(C)c1CCC(=O)Oc1ccc(Cl)cc1. The lowest BCUT2D eigenvalue weighted by atomic mass is 10.1. The van der Waals surface area contributed by atoms with Crippen LogP contribution in [0, 0.1) is 13.8 Å². The van der Waals surface area contributed by atoms with Crippen molar-refractivity contribution in [2.24, 2.45) is 0 Å². The van der Waals surface area contributed by atoms with Gasteiger partial charge in [-0.15, -0.1) is 0 Å². The van der Waals surface area contributed by atoms with Gasteiger partial charge < -0.3 is 9.26 Å². The second-order valence-electron chi connectivity index (χ2n) is 4.23. The maximum atomic E-state index is 11.7. The van der Waals surface area contributed by atoms with Gasteiger partial charge in [-0.05, 0) is 44.5 Å². The Bertz CT molecular complexity index is 555. The Balaban J connectivity index is 1.90. The average molecular weight is 280 g/mol. The molecular formula is C14H14ClNO3. The van der Waals surface area contributed by atoms with Crippen LogP contribution in [0.4, 0.5) is 0 Å². The van der Waals surface area contributed by atoms with Crippen LogP contribution in [0.2, 0.25) is 5.02 Å². The Morgan fingerprint density at radius 1 is 1.32 bits per heavy atom.